The maximum absolute atomic E-state index is 10.1. The Bertz CT molecular complexity index is 3970. The summed E-state index contributed by atoms with van der Waals surface area (Å²) >= 11 is 0. The number of fused-ring (bicyclic) bond motifs is 4. The van der Waals surface area contributed by atoms with Crippen LogP contribution in [0.15, 0.2) is 198 Å². The summed E-state index contributed by atoms with van der Waals surface area (Å²) in [6.45, 7) is 0. The maximum atomic E-state index is 10.1. The lowest BCUT2D eigenvalue weighted by Gasteiger charge is -2.14. The zero-order valence-corrected chi connectivity index (χ0v) is 27.3. The summed E-state index contributed by atoms with van der Waals surface area (Å²) in [5, 5.41) is 2.75. The van der Waals surface area contributed by atoms with E-state index in [1.165, 1.54) is 0 Å². The standard InChI is InChI=1S/C50H32N2O/c1-4-14-33(15-5-1)45-46(50(37-18-8-3-9-19-37)53-49(45)36-16-6-2-7-17-36)39-21-12-20-38(32-39)40-28-29-43(42-24-11-10-23-41(40)42)44-30-27-35-26-25-34-22-13-31-51-47(34)48(35)52-44/h1-32H/i1D,2D,3D,4D,5D,6D,7D,8D,9D,12D,14D,15D,16D,17D,18D,19D,20D,21D,32D. The minimum Gasteiger partial charge on any atom is -0.455 e. The van der Waals surface area contributed by atoms with Gasteiger partial charge in [-0.1, -0.05) is 169 Å². The van der Waals surface area contributed by atoms with Crippen molar-refractivity contribution in [1.82, 2.24) is 9.97 Å². The van der Waals surface area contributed by atoms with Crippen LogP contribution in [0.3, 0.4) is 0 Å². The maximum Gasteiger partial charge on any atom is 0.143 e. The number of pyridine rings is 2. The van der Waals surface area contributed by atoms with Crippen molar-refractivity contribution >= 4 is 32.6 Å². The molecule has 248 valence electrons. The molecule has 10 rings (SSSR count). The van der Waals surface area contributed by atoms with Crippen LogP contribution in [-0.2, 0) is 0 Å². The molecule has 0 N–H and O–H groups in total. The van der Waals surface area contributed by atoms with Crippen molar-refractivity contribution < 1.29 is 30.5 Å². The molecule has 0 bridgehead atoms. The first kappa shape index (κ1) is 16.9. The Morgan fingerprint density at radius 2 is 0.981 bits per heavy atom. The van der Waals surface area contributed by atoms with E-state index in [1.807, 2.05) is 36.4 Å². The number of hydrogen-bond acceptors (Lipinski definition) is 3. The van der Waals surface area contributed by atoms with Crippen LogP contribution >= 0.6 is 0 Å². The molecule has 3 nitrogen and oxygen atoms in total. The van der Waals surface area contributed by atoms with Crippen molar-refractivity contribution in [3.8, 4) is 67.3 Å². The van der Waals surface area contributed by atoms with Gasteiger partial charge in [-0.25, -0.2) is 4.98 Å². The second-order valence-corrected chi connectivity index (χ2v) is 11.9. The van der Waals surface area contributed by atoms with Crippen LogP contribution < -0.4 is 0 Å². The molecular weight excluding hydrogens is 645 g/mol. The van der Waals surface area contributed by atoms with Gasteiger partial charge in [-0.2, -0.15) is 0 Å². The summed E-state index contributed by atoms with van der Waals surface area (Å²) < 4.78 is 176. The highest BCUT2D eigenvalue weighted by atomic mass is 16.3. The van der Waals surface area contributed by atoms with E-state index in [1.54, 1.807) is 42.6 Å². The van der Waals surface area contributed by atoms with Gasteiger partial charge in [0.05, 0.1) is 42.8 Å². The monoisotopic (exact) mass is 695 g/mol. The third-order valence-corrected chi connectivity index (χ3v) is 8.89. The van der Waals surface area contributed by atoms with Crippen molar-refractivity contribution in [1.29, 1.82) is 0 Å². The Balaban J connectivity index is 1.37. The molecule has 7 aromatic carbocycles. The first-order chi connectivity index (χ1) is 34.2. The number of hydrogen-bond donors (Lipinski definition) is 0. The second-order valence-electron chi connectivity index (χ2n) is 11.9. The highest BCUT2D eigenvalue weighted by Gasteiger charge is 2.25. The molecule has 0 spiro atoms. The molecule has 0 saturated heterocycles. The van der Waals surface area contributed by atoms with E-state index in [-0.39, 0.29) is 11.1 Å². The summed E-state index contributed by atoms with van der Waals surface area (Å²) in [5.41, 5.74) is -1.82. The number of furan rings is 1. The first-order valence-corrected chi connectivity index (χ1v) is 16.4. The van der Waals surface area contributed by atoms with E-state index in [4.69, 9.17) is 27.2 Å². The van der Waals surface area contributed by atoms with Crippen molar-refractivity contribution in [2.24, 2.45) is 0 Å². The Labute approximate surface area is 334 Å². The first-order valence-electron chi connectivity index (χ1n) is 25.9. The fraction of sp³-hybridized carbons (Fsp3) is 0. The fourth-order valence-electron chi connectivity index (χ4n) is 6.58. The highest BCUT2D eigenvalue weighted by Crippen LogP contribution is 2.49. The lowest BCUT2D eigenvalue weighted by atomic mass is 9.89. The summed E-state index contributed by atoms with van der Waals surface area (Å²) in [7, 11) is 0. The Hall–Kier alpha value is -7.10. The Morgan fingerprint density at radius 1 is 0.434 bits per heavy atom. The molecular formula is C50H32N2O. The molecule has 10 aromatic rings. The minimum atomic E-state index is -0.932. The normalized spacial score (nSPS) is 16.4. The van der Waals surface area contributed by atoms with Crippen LogP contribution in [0.4, 0.5) is 0 Å². The Kier molecular flexibility index (Phi) is 4.12. The smallest absolute Gasteiger partial charge is 0.143 e. The zero-order valence-electron chi connectivity index (χ0n) is 46.3. The third-order valence-electron chi connectivity index (χ3n) is 8.89. The average Bonchev–Trinajstić information content (AvgIpc) is 3.74. The van der Waals surface area contributed by atoms with Gasteiger partial charge in [0.2, 0.25) is 0 Å². The van der Waals surface area contributed by atoms with Crippen molar-refractivity contribution in [2.45, 2.75) is 0 Å². The summed E-state index contributed by atoms with van der Waals surface area (Å²) in [6.07, 6.45) is 1.68. The van der Waals surface area contributed by atoms with Gasteiger partial charge in [0.15, 0.2) is 0 Å². The van der Waals surface area contributed by atoms with Crippen LogP contribution in [0.2, 0.25) is 0 Å². The van der Waals surface area contributed by atoms with Gasteiger partial charge >= 0.3 is 0 Å². The van der Waals surface area contributed by atoms with Crippen LogP contribution in [0.25, 0.3) is 99.9 Å². The van der Waals surface area contributed by atoms with Crippen LogP contribution in [0, 0.1) is 0 Å². The molecule has 0 aliphatic carbocycles. The molecule has 3 heterocycles. The molecule has 0 saturated carbocycles. The molecule has 0 radical (unpaired) electrons. The second kappa shape index (κ2) is 12.9. The third kappa shape index (κ3) is 5.38. The van der Waals surface area contributed by atoms with E-state index in [0.29, 0.717) is 33.1 Å². The topological polar surface area (TPSA) is 38.9 Å². The molecule has 0 aliphatic rings. The predicted molar refractivity (Wildman–Crippen MR) is 219 cm³/mol. The summed E-state index contributed by atoms with van der Waals surface area (Å²) in [6, 6.07) is 5.26. The lowest BCUT2D eigenvalue weighted by Crippen LogP contribution is -1.91. The molecule has 3 aromatic heterocycles. The molecule has 53 heavy (non-hydrogen) atoms. The summed E-state index contributed by atoms with van der Waals surface area (Å²) in [5.74, 6) is -1.62. The number of nitrogens with zero attached hydrogens (tertiary/aromatic N) is 2. The number of benzene rings is 7. The predicted octanol–water partition coefficient (Wildman–Crippen LogP) is 13.5. The summed E-state index contributed by atoms with van der Waals surface area (Å²) in [4.78, 5) is 9.62. The van der Waals surface area contributed by atoms with Gasteiger partial charge in [-0.05, 0) is 51.2 Å². The average molecular weight is 696 g/mol. The highest BCUT2D eigenvalue weighted by molar-refractivity contribution is 6.08. The van der Waals surface area contributed by atoms with E-state index in [9.17, 15) is 8.22 Å². The van der Waals surface area contributed by atoms with Gasteiger partial charge < -0.3 is 4.42 Å². The van der Waals surface area contributed by atoms with E-state index in [0.717, 1.165) is 10.8 Å². The van der Waals surface area contributed by atoms with Crippen LogP contribution in [-0.4, -0.2) is 9.97 Å². The molecule has 3 heteroatoms. The van der Waals surface area contributed by atoms with Crippen molar-refractivity contribution in [3.05, 3.63) is 194 Å². The SMILES string of the molecule is [2H]c1c([2H])c([2H])c(-c2oc(-c3c([2H])c([2H])c([2H])c([2H])c3[2H])c(-c3c([2H])c([2H])c([2H])c(-c4ccc(-c5ccc6ccc7cccnc7c6n5)c5ccccc45)c3[2H])c2-c2c([2H])c([2H])c([2H])c([2H])c2[2H])c([2H])c1[2H]. The van der Waals surface area contributed by atoms with Crippen molar-refractivity contribution in [2.75, 3.05) is 0 Å². The van der Waals surface area contributed by atoms with E-state index < -0.39 is 160 Å². The van der Waals surface area contributed by atoms with Gasteiger partial charge in [0.25, 0.3) is 0 Å². The quantitative estimate of drug-likeness (QED) is 0.163. The van der Waals surface area contributed by atoms with Crippen molar-refractivity contribution in [3.63, 3.8) is 0 Å². The molecule has 0 unspecified atom stereocenters. The van der Waals surface area contributed by atoms with Crippen LogP contribution in [0.1, 0.15) is 26.0 Å². The lowest BCUT2D eigenvalue weighted by molar-refractivity contribution is 0.599. The van der Waals surface area contributed by atoms with Gasteiger partial charge in [-0.15, -0.1) is 0 Å². The minimum absolute atomic E-state index is 0.190. The fourth-order valence-corrected chi connectivity index (χ4v) is 6.58. The zero-order chi connectivity index (χ0) is 51.7. The molecule has 0 atom stereocenters. The van der Waals surface area contributed by atoms with Gasteiger partial charge in [0.1, 0.15) is 11.5 Å². The molecule has 0 aliphatic heterocycles. The largest absolute Gasteiger partial charge is 0.455 e. The van der Waals surface area contributed by atoms with Crippen LogP contribution in [0.5, 0.6) is 0 Å². The number of aromatic nitrogens is 2. The van der Waals surface area contributed by atoms with E-state index >= 15 is 0 Å². The van der Waals surface area contributed by atoms with E-state index in [2.05, 4.69) is 4.98 Å². The van der Waals surface area contributed by atoms with Gasteiger partial charge in [0, 0.05) is 44.8 Å². The number of rotatable bonds is 6. The van der Waals surface area contributed by atoms with Gasteiger partial charge in [-0.3, -0.25) is 4.98 Å². The Morgan fingerprint density at radius 3 is 1.68 bits per heavy atom. The molecule has 0 amide bonds. The molecule has 0 fully saturated rings.